The molecule has 0 aromatic heterocycles. The van der Waals surface area contributed by atoms with Crippen LogP contribution < -0.4 is 10.6 Å². The van der Waals surface area contributed by atoms with Crippen molar-refractivity contribution in [2.45, 2.75) is 37.0 Å². The highest BCUT2D eigenvalue weighted by atomic mass is 35.5. The normalized spacial score (nSPS) is 14.7. The third-order valence-electron chi connectivity index (χ3n) is 5.06. The third-order valence-corrected chi connectivity index (χ3v) is 7.23. The number of sulfonamides is 1. The molecule has 0 bridgehead atoms. The number of anilines is 1. The summed E-state index contributed by atoms with van der Waals surface area (Å²) in [5.74, 6) is -0.421. The molecular formula is C22H26ClN3O4S. The Morgan fingerprint density at radius 1 is 0.935 bits per heavy atom. The lowest BCUT2D eigenvalue weighted by Gasteiger charge is -2.25. The predicted octanol–water partition coefficient (Wildman–Crippen LogP) is 3.66. The van der Waals surface area contributed by atoms with Gasteiger partial charge < -0.3 is 10.6 Å². The monoisotopic (exact) mass is 463 g/mol. The van der Waals surface area contributed by atoms with Crippen molar-refractivity contribution in [3.05, 3.63) is 59.1 Å². The zero-order valence-electron chi connectivity index (χ0n) is 17.1. The summed E-state index contributed by atoms with van der Waals surface area (Å²) < 4.78 is 26.8. The van der Waals surface area contributed by atoms with E-state index in [1.54, 1.807) is 36.4 Å². The molecule has 9 heteroatoms. The zero-order chi connectivity index (χ0) is 22.3. The number of piperidine rings is 1. The number of hydrogen-bond acceptors (Lipinski definition) is 4. The van der Waals surface area contributed by atoms with Crippen molar-refractivity contribution in [2.24, 2.45) is 0 Å². The second-order valence-corrected chi connectivity index (χ2v) is 9.78. The molecule has 1 fully saturated rings. The van der Waals surface area contributed by atoms with Crippen molar-refractivity contribution >= 4 is 39.1 Å². The van der Waals surface area contributed by atoms with Gasteiger partial charge in [-0.25, -0.2) is 8.42 Å². The summed E-state index contributed by atoms with van der Waals surface area (Å²) in [6.45, 7) is 1.46. The molecule has 2 aromatic rings. The highest BCUT2D eigenvalue weighted by Gasteiger charge is 2.25. The lowest BCUT2D eigenvalue weighted by molar-refractivity contribution is -0.116. The maximum absolute atomic E-state index is 12.7. The molecular weight excluding hydrogens is 438 g/mol. The molecule has 31 heavy (non-hydrogen) atoms. The number of halogens is 1. The van der Waals surface area contributed by atoms with E-state index in [9.17, 15) is 18.0 Å². The molecule has 0 aliphatic carbocycles. The Morgan fingerprint density at radius 2 is 1.58 bits per heavy atom. The summed E-state index contributed by atoms with van der Waals surface area (Å²) >= 11 is 5.80. The molecule has 0 atom stereocenters. The summed E-state index contributed by atoms with van der Waals surface area (Å²) in [5, 5.41) is 6.07. The van der Waals surface area contributed by atoms with Crippen LogP contribution in [0.4, 0.5) is 5.69 Å². The number of nitrogens with one attached hydrogen (secondary N) is 2. The van der Waals surface area contributed by atoms with Crippen LogP contribution in [0.1, 0.15) is 42.5 Å². The first-order valence-corrected chi connectivity index (χ1v) is 12.1. The lowest BCUT2D eigenvalue weighted by atomic mass is 10.2. The van der Waals surface area contributed by atoms with Crippen molar-refractivity contribution in [1.29, 1.82) is 0 Å². The maximum atomic E-state index is 12.7. The van der Waals surface area contributed by atoms with Gasteiger partial charge in [0, 0.05) is 42.3 Å². The zero-order valence-corrected chi connectivity index (χ0v) is 18.7. The molecule has 2 N–H and O–H groups in total. The minimum Gasteiger partial charge on any atom is -0.352 e. The topological polar surface area (TPSA) is 95.6 Å². The summed E-state index contributed by atoms with van der Waals surface area (Å²) in [7, 11) is -3.49. The van der Waals surface area contributed by atoms with Gasteiger partial charge in [-0.05, 0) is 67.8 Å². The fourth-order valence-electron chi connectivity index (χ4n) is 3.34. The number of hydrogen-bond donors (Lipinski definition) is 2. The van der Waals surface area contributed by atoms with Gasteiger partial charge in [-0.15, -0.1) is 0 Å². The molecule has 2 aromatic carbocycles. The average molecular weight is 464 g/mol. The van der Waals surface area contributed by atoms with Crippen LogP contribution in [0.15, 0.2) is 53.4 Å². The van der Waals surface area contributed by atoms with Gasteiger partial charge in [0.15, 0.2) is 0 Å². The van der Waals surface area contributed by atoms with E-state index in [2.05, 4.69) is 10.6 Å². The smallest absolute Gasteiger partial charge is 0.251 e. The minimum atomic E-state index is -3.49. The van der Waals surface area contributed by atoms with Crippen molar-refractivity contribution in [3.8, 4) is 0 Å². The van der Waals surface area contributed by atoms with Crippen LogP contribution in [0, 0.1) is 0 Å². The molecule has 3 rings (SSSR count). The number of carbonyl (C=O) groups is 2. The predicted molar refractivity (Wildman–Crippen MR) is 121 cm³/mol. The van der Waals surface area contributed by atoms with Crippen LogP contribution >= 0.6 is 11.6 Å². The van der Waals surface area contributed by atoms with Crippen molar-refractivity contribution in [2.75, 3.05) is 25.0 Å². The number of nitrogens with zero attached hydrogens (tertiary/aromatic N) is 1. The second kappa shape index (κ2) is 10.7. The number of amides is 2. The molecule has 7 nitrogen and oxygen atoms in total. The van der Waals surface area contributed by atoms with Gasteiger partial charge in [0.1, 0.15) is 0 Å². The molecule has 1 aliphatic rings. The fourth-order valence-corrected chi connectivity index (χ4v) is 4.99. The van der Waals surface area contributed by atoms with E-state index in [1.807, 2.05) is 0 Å². The van der Waals surface area contributed by atoms with Crippen molar-refractivity contribution in [3.63, 3.8) is 0 Å². The summed E-state index contributed by atoms with van der Waals surface area (Å²) in [6.07, 6.45) is 3.53. The van der Waals surface area contributed by atoms with Gasteiger partial charge in [0.05, 0.1) is 4.90 Å². The molecule has 0 unspecified atom stereocenters. The average Bonchev–Trinajstić information content (AvgIpc) is 2.78. The summed E-state index contributed by atoms with van der Waals surface area (Å²) in [5.41, 5.74) is 1.04. The Morgan fingerprint density at radius 3 is 2.23 bits per heavy atom. The SMILES string of the molecule is O=C(CCCNC(=O)c1ccc(Cl)cc1)Nc1ccc(S(=O)(=O)N2CCCCC2)cc1. The second-order valence-electron chi connectivity index (χ2n) is 7.40. The van der Waals surface area contributed by atoms with E-state index < -0.39 is 10.0 Å². The van der Waals surface area contributed by atoms with Gasteiger partial charge in [-0.1, -0.05) is 18.0 Å². The van der Waals surface area contributed by atoms with Gasteiger partial charge >= 0.3 is 0 Å². The van der Waals surface area contributed by atoms with E-state index in [4.69, 9.17) is 11.6 Å². The molecule has 0 saturated carbocycles. The number of benzene rings is 2. The standard InChI is InChI=1S/C22H26ClN3O4S/c23-18-8-6-17(7-9-18)22(28)24-14-4-5-21(27)25-19-10-12-20(13-11-19)31(29,30)26-15-2-1-3-16-26/h6-13H,1-5,14-16H2,(H,24,28)(H,25,27). The lowest BCUT2D eigenvalue weighted by Crippen LogP contribution is -2.35. The van der Waals surface area contributed by atoms with E-state index >= 15 is 0 Å². The van der Waals surface area contributed by atoms with Crippen LogP contribution in [-0.4, -0.2) is 44.2 Å². The fraction of sp³-hybridized carbons (Fsp3) is 0.364. The minimum absolute atomic E-state index is 0.202. The summed E-state index contributed by atoms with van der Waals surface area (Å²) in [6, 6.07) is 12.8. The first-order valence-electron chi connectivity index (χ1n) is 10.3. The molecule has 1 aliphatic heterocycles. The first-order chi connectivity index (χ1) is 14.9. The molecule has 0 spiro atoms. The number of rotatable bonds is 8. The Balaban J connectivity index is 1.43. The third kappa shape index (κ3) is 6.53. The molecule has 0 radical (unpaired) electrons. The van der Waals surface area contributed by atoms with E-state index in [1.165, 1.54) is 16.4 Å². The van der Waals surface area contributed by atoms with E-state index in [-0.39, 0.29) is 23.1 Å². The van der Waals surface area contributed by atoms with E-state index in [0.29, 0.717) is 42.3 Å². The van der Waals surface area contributed by atoms with Crippen LogP contribution in [-0.2, 0) is 14.8 Å². The van der Waals surface area contributed by atoms with Crippen LogP contribution in [0.5, 0.6) is 0 Å². The van der Waals surface area contributed by atoms with Crippen LogP contribution in [0.25, 0.3) is 0 Å². The van der Waals surface area contributed by atoms with Gasteiger partial charge in [0.2, 0.25) is 15.9 Å². The van der Waals surface area contributed by atoms with Gasteiger partial charge in [-0.2, -0.15) is 4.31 Å². The van der Waals surface area contributed by atoms with Crippen LogP contribution in [0.3, 0.4) is 0 Å². The maximum Gasteiger partial charge on any atom is 0.251 e. The van der Waals surface area contributed by atoms with E-state index in [0.717, 1.165) is 19.3 Å². The highest BCUT2D eigenvalue weighted by Crippen LogP contribution is 2.22. The highest BCUT2D eigenvalue weighted by molar-refractivity contribution is 7.89. The van der Waals surface area contributed by atoms with Crippen molar-refractivity contribution in [1.82, 2.24) is 9.62 Å². The largest absolute Gasteiger partial charge is 0.352 e. The summed E-state index contributed by atoms with van der Waals surface area (Å²) in [4.78, 5) is 24.4. The molecule has 2 amide bonds. The van der Waals surface area contributed by atoms with Gasteiger partial charge in [-0.3, -0.25) is 9.59 Å². The Bertz CT molecular complexity index is 1000. The Labute approximate surface area is 187 Å². The number of carbonyl (C=O) groups excluding carboxylic acids is 2. The molecule has 1 saturated heterocycles. The molecule has 1 heterocycles. The van der Waals surface area contributed by atoms with Crippen molar-refractivity contribution < 1.29 is 18.0 Å². The Kier molecular flexibility index (Phi) is 8.06. The first kappa shape index (κ1) is 23.2. The van der Waals surface area contributed by atoms with Gasteiger partial charge in [0.25, 0.3) is 5.91 Å². The molecule has 166 valence electrons. The van der Waals surface area contributed by atoms with Crippen LogP contribution in [0.2, 0.25) is 5.02 Å². The quantitative estimate of drug-likeness (QED) is 0.584. The Hall–Kier alpha value is -2.42.